The molecule has 3 saturated heterocycles. The Balaban J connectivity index is 1.47. The highest BCUT2D eigenvalue weighted by atomic mass is 19.4. The van der Waals surface area contributed by atoms with Gasteiger partial charge in [-0.2, -0.15) is 13.2 Å². The van der Waals surface area contributed by atoms with Gasteiger partial charge in [0, 0.05) is 44.8 Å². The van der Waals surface area contributed by atoms with Crippen LogP contribution in [0.1, 0.15) is 38.5 Å². The summed E-state index contributed by atoms with van der Waals surface area (Å²) in [4.78, 5) is 13.7. The minimum absolute atomic E-state index is 0.0265. The number of nitrogens with zero attached hydrogens (tertiary/aromatic N) is 2. The van der Waals surface area contributed by atoms with Gasteiger partial charge in [-0.05, 0) is 50.4 Å². The topological polar surface area (TPSA) is 59.6 Å². The van der Waals surface area contributed by atoms with E-state index < -0.39 is 23.8 Å². The molecule has 176 valence electrons. The number of carbonyl (C=O) groups excluding carboxylic acids is 1. The van der Waals surface area contributed by atoms with Crippen LogP contribution in [0.5, 0.6) is 0 Å². The second kappa shape index (κ2) is 8.96. The summed E-state index contributed by atoms with van der Waals surface area (Å²) in [6.45, 7) is 4.94. The largest absolute Gasteiger partial charge is 0.391 e. The molecule has 4 aliphatic rings. The van der Waals surface area contributed by atoms with Crippen molar-refractivity contribution < 1.29 is 22.4 Å². The lowest BCUT2D eigenvalue weighted by Gasteiger charge is -2.52. The number of halogens is 4. The summed E-state index contributed by atoms with van der Waals surface area (Å²) in [5.74, 6) is -2.48. The van der Waals surface area contributed by atoms with E-state index >= 15 is 0 Å². The smallest absolute Gasteiger partial charge is 0.335 e. The SMILES string of the molecule is C=C(F)C(=O)N1CCC2C(C1)NC(C1CCC(C(F)(F)F)CC1)NC2C1CCN(C)N1. The van der Waals surface area contributed by atoms with E-state index in [1.54, 1.807) is 0 Å². The van der Waals surface area contributed by atoms with Crippen molar-refractivity contribution in [1.29, 1.82) is 0 Å². The first kappa shape index (κ1) is 22.9. The zero-order valence-electron chi connectivity index (χ0n) is 17.9. The molecule has 10 heteroatoms. The summed E-state index contributed by atoms with van der Waals surface area (Å²) in [6.07, 6.45) is -1.17. The van der Waals surface area contributed by atoms with Crippen molar-refractivity contribution in [2.75, 3.05) is 26.7 Å². The fraction of sp³-hybridized carbons (Fsp3) is 0.857. The predicted molar refractivity (Wildman–Crippen MR) is 108 cm³/mol. The molecule has 0 aromatic rings. The van der Waals surface area contributed by atoms with Gasteiger partial charge in [0.15, 0.2) is 5.83 Å². The van der Waals surface area contributed by atoms with E-state index in [4.69, 9.17) is 0 Å². The normalized spacial score (nSPS) is 39.9. The molecule has 31 heavy (non-hydrogen) atoms. The Morgan fingerprint density at radius 3 is 2.29 bits per heavy atom. The zero-order valence-corrected chi connectivity index (χ0v) is 17.9. The van der Waals surface area contributed by atoms with E-state index in [9.17, 15) is 22.4 Å². The Hall–Kier alpha value is -1.23. The molecule has 1 aliphatic carbocycles. The van der Waals surface area contributed by atoms with E-state index in [1.165, 1.54) is 4.90 Å². The molecule has 0 radical (unpaired) electrons. The van der Waals surface area contributed by atoms with Gasteiger partial charge in [0.1, 0.15) is 0 Å². The number of hydrogen-bond acceptors (Lipinski definition) is 5. The quantitative estimate of drug-likeness (QED) is 0.457. The van der Waals surface area contributed by atoms with Gasteiger partial charge in [0.05, 0.1) is 12.1 Å². The van der Waals surface area contributed by atoms with Crippen molar-refractivity contribution in [3.8, 4) is 0 Å². The van der Waals surface area contributed by atoms with Gasteiger partial charge >= 0.3 is 6.18 Å². The average Bonchev–Trinajstić information content (AvgIpc) is 3.17. The van der Waals surface area contributed by atoms with E-state index in [2.05, 4.69) is 27.6 Å². The highest BCUT2D eigenvalue weighted by Gasteiger charge is 2.48. The highest BCUT2D eigenvalue weighted by Crippen LogP contribution is 2.41. The minimum atomic E-state index is -4.12. The maximum absolute atomic E-state index is 13.4. The predicted octanol–water partition coefficient (Wildman–Crippen LogP) is 2.15. The highest BCUT2D eigenvalue weighted by molar-refractivity contribution is 5.90. The Kier molecular flexibility index (Phi) is 6.63. The molecule has 0 spiro atoms. The molecule has 1 saturated carbocycles. The van der Waals surface area contributed by atoms with Crippen LogP contribution in [0, 0.1) is 17.8 Å². The third kappa shape index (κ3) is 4.91. The van der Waals surface area contributed by atoms with Crippen molar-refractivity contribution in [3.63, 3.8) is 0 Å². The minimum Gasteiger partial charge on any atom is -0.335 e. The van der Waals surface area contributed by atoms with Gasteiger partial charge in [-0.25, -0.2) is 9.40 Å². The molecule has 4 fully saturated rings. The number of fused-ring (bicyclic) bond motifs is 1. The van der Waals surface area contributed by atoms with Crippen LogP contribution in [0.25, 0.3) is 0 Å². The van der Waals surface area contributed by atoms with Crippen LogP contribution in [0.4, 0.5) is 17.6 Å². The molecule has 3 aliphatic heterocycles. The number of likely N-dealkylation sites (tertiary alicyclic amines) is 1. The molecule has 5 unspecified atom stereocenters. The number of nitrogens with one attached hydrogen (secondary N) is 3. The van der Waals surface area contributed by atoms with E-state index in [0.717, 1.165) is 19.4 Å². The number of rotatable bonds is 3. The van der Waals surface area contributed by atoms with Gasteiger partial charge in [0.25, 0.3) is 5.91 Å². The number of carbonyl (C=O) groups is 1. The first-order chi connectivity index (χ1) is 14.6. The number of piperidine rings is 1. The second-order valence-corrected chi connectivity index (χ2v) is 9.65. The number of alkyl halides is 3. The average molecular weight is 448 g/mol. The Labute approximate surface area is 180 Å². The standard InChI is InChI=1S/C21H33F4N5O/c1-12(22)20(31)30-10-7-15-17(11-30)26-19(27-18(15)16-8-9-29(2)28-16)13-3-5-14(6-4-13)21(23,24)25/h13-19,26-28H,1,3-11H2,2H3. The molecule has 0 aromatic heterocycles. The zero-order chi connectivity index (χ0) is 22.3. The maximum atomic E-state index is 13.4. The fourth-order valence-electron chi connectivity index (χ4n) is 6.01. The lowest BCUT2D eigenvalue weighted by Crippen LogP contribution is -2.73. The number of hydrogen-bond donors (Lipinski definition) is 3. The van der Waals surface area contributed by atoms with Crippen LogP contribution in [0.3, 0.4) is 0 Å². The van der Waals surface area contributed by atoms with Gasteiger partial charge in [-0.15, -0.1) is 0 Å². The van der Waals surface area contributed by atoms with Crippen LogP contribution < -0.4 is 16.1 Å². The van der Waals surface area contributed by atoms with Crippen molar-refractivity contribution >= 4 is 5.91 Å². The maximum Gasteiger partial charge on any atom is 0.391 e. The summed E-state index contributed by atoms with van der Waals surface area (Å²) >= 11 is 0. The van der Waals surface area contributed by atoms with E-state index in [-0.39, 0.29) is 49.0 Å². The molecule has 5 atom stereocenters. The fourth-order valence-corrected chi connectivity index (χ4v) is 6.01. The molecule has 4 rings (SSSR count). The van der Waals surface area contributed by atoms with Gasteiger partial charge < -0.3 is 4.90 Å². The molecule has 0 aromatic carbocycles. The molecular formula is C21H33F4N5O. The van der Waals surface area contributed by atoms with Crippen molar-refractivity contribution in [3.05, 3.63) is 12.4 Å². The van der Waals surface area contributed by atoms with E-state index in [1.807, 2.05) is 7.05 Å². The van der Waals surface area contributed by atoms with Crippen molar-refractivity contribution in [1.82, 2.24) is 26.0 Å². The summed E-state index contributed by atoms with van der Waals surface area (Å²) < 4.78 is 52.7. The van der Waals surface area contributed by atoms with Crippen molar-refractivity contribution in [2.24, 2.45) is 17.8 Å². The van der Waals surface area contributed by atoms with Crippen LogP contribution in [0.2, 0.25) is 0 Å². The first-order valence-corrected chi connectivity index (χ1v) is 11.3. The van der Waals surface area contributed by atoms with Gasteiger partial charge in [0.2, 0.25) is 0 Å². The molecule has 3 heterocycles. The van der Waals surface area contributed by atoms with Gasteiger partial charge in [-0.3, -0.25) is 20.9 Å². The summed E-state index contributed by atoms with van der Waals surface area (Å²) in [6, 6.07) is 0.348. The van der Waals surface area contributed by atoms with Crippen molar-refractivity contribution in [2.45, 2.75) is 69.0 Å². The number of hydrazine groups is 1. The molecular weight excluding hydrogens is 414 g/mol. The lowest BCUT2D eigenvalue weighted by atomic mass is 9.75. The third-order valence-electron chi connectivity index (χ3n) is 7.71. The second-order valence-electron chi connectivity index (χ2n) is 9.65. The molecule has 0 bridgehead atoms. The van der Waals surface area contributed by atoms with Crippen LogP contribution in [0.15, 0.2) is 12.4 Å². The lowest BCUT2D eigenvalue weighted by molar-refractivity contribution is -0.185. The van der Waals surface area contributed by atoms with Crippen LogP contribution in [-0.2, 0) is 4.79 Å². The third-order valence-corrected chi connectivity index (χ3v) is 7.71. The molecule has 3 N–H and O–H groups in total. The Bertz CT molecular complexity index is 681. The molecule has 6 nitrogen and oxygen atoms in total. The van der Waals surface area contributed by atoms with E-state index in [0.29, 0.717) is 25.9 Å². The van der Waals surface area contributed by atoms with Crippen LogP contribution in [-0.4, -0.2) is 73.0 Å². The first-order valence-electron chi connectivity index (χ1n) is 11.3. The number of amides is 1. The summed E-state index contributed by atoms with van der Waals surface area (Å²) in [5, 5.41) is 9.38. The van der Waals surface area contributed by atoms with Crippen LogP contribution >= 0.6 is 0 Å². The molecule has 1 amide bonds. The summed E-state index contributed by atoms with van der Waals surface area (Å²) in [7, 11) is 2.00. The van der Waals surface area contributed by atoms with Gasteiger partial charge in [-0.1, -0.05) is 6.58 Å². The Morgan fingerprint density at radius 2 is 1.71 bits per heavy atom. The summed E-state index contributed by atoms with van der Waals surface area (Å²) in [5.41, 5.74) is 3.50. The Morgan fingerprint density at radius 1 is 1.00 bits per heavy atom. The monoisotopic (exact) mass is 447 g/mol.